The molecule has 1 aromatic carbocycles. The predicted octanol–water partition coefficient (Wildman–Crippen LogP) is 4.04. The van der Waals surface area contributed by atoms with Crippen LogP contribution >= 0.6 is 23.5 Å². The number of nitrogens with one attached hydrogen (secondary N) is 1. The van der Waals surface area contributed by atoms with Crippen molar-refractivity contribution in [2.24, 2.45) is 0 Å². The van der Waals surface area contributed by atoms with E-state index in [1.165, 1.54) is 43.8 Å². The third-order valence-corrected chi connectivity index (χ3v) is 3.65. The van der Waals surface area contributed by atoms with Crippen molar-refractivity contribution in [3.8, 4) is 5.88 Å². The molecule has 0 fully saturated rings. The number of alkyl halides is 3. The summed E-state index contributed by atoms with van der Waals surface area (Å²) in [4.78, 5) is 7.81. The molecule has 0 saturated carbocycles. The SMILES string of the molecule is COc1cnc(SN[C@H](c2ccc(Cl)cc2)C(F)(F)F)cn1. The minimum Gasteiger partial charge on any atom is -0.480 e. The van der Waals surface area contributed by atoms with E-state index in [9.17, 15) is 13.2 Å². The topological polar surface area (TPSA) is 47.0 Å². The monoisotopic (exact) mass is 349 g/mol. The lowest BCUT2D eigenvalue weighted by Gasteiger charge is -2.21. The van der Waals surface area contributed by atoms with E-state index in [1.807, 2.05) is 0 Å². The number of methoxy groups -OCH3 is 1. The number of halogens is 4. The zero-order valence-electron chi connectivity index (χ0n) is 11.3. The van der Waals surface area contributed by atoms with Gasteiger partial charge >= 0.3 is 6.18 Å². The molecule has 0 spiro atoms. The second kappa shape index (κ2) is 7.17. The molecule has 0 radical (unpaired) electrons. The van der Waals surface area contributed by atoms with E-state index < -0.39 is 12.2 Å². The Kier molecular flexibility index (Phi) is 5.49. The average Bonchev–Trinajstić information content (AvgIpc) is 2.48. The van der Waals surface area contributed by atoms with Gasteiger partial charge in [-0.3, -0.25) is 0 Å². The molecule has 4 nitrogen and oxygen atoms in total. The number of ether oxygens (including phenoxy) is 1. The van der Waals surface area contributed by atoms with Crippen LogP contribution in [0.3, 0.4) is 0 Å². The normalized spacial score (nSPS) is 13.0. The van der Waals surface area contributed by atoms with E-state index in [0.717, 1.165) is 11.9 Å². The van der Waals surface area contributed by atoms with E-state index in [4.69, 9.17) is 16.3 Å². The van der Waals surface area contributed by atoms with Gasteiger partial charge in [0, 0.05) is 5.02 Å². The number of hydrogen-bond acceptors (Lipinski definition) is 5. The van der Waals surface area contributed by atoms with Crippen LogP contribution in [-0.4, -0.2) is 23.3 Å². The zero-order valence-corrected chi connectivity index (χ0v) is 12.8. The maximum Gasteiger partial charge on any atom is 0.408 e. The molecule has 1 N–H and O–H groups in total. The lowest BCUT2D eigenvalue weighted by atomic mass is 10.1. The number of benzene rings is 1. The summed E-state index contributed by atoms with van der Waals surface area (Å²) in [5.74, 6) is 0.287. The van der Waals surface area contributed by atoms with Gasteiger partial charge in [0.15, 0.2) is 0 Å². The Labute approximate surface area is 134 Å². The summed E-state index contributed by atoms with van der Waals surface area (Å²) < 4.78 is 46.7. The molecule has 1 atom stereocenters. The van der Waals surface area contributed by atoms with Crippen molar-refractivity contribution in [1.29, 1.82) is 0 Å². The van der Waals surface area contributed by atoms with Crippen LogP contribution in [0.2, 0.25) is 5.02 Å². The van der Waals surface area contributed by atoms with Gasteiger partial charge in [0.2, 0.25) is 5.88 Å². The maximum atomic E-state index is 13.2. The van der Waals surface area contributed by atoms with E-state index in [1.54, 1.807) is 0 Å². The summed E-state index contributed by atoms with van der Waals surface area (Å²) in [6, 6.07) is 3.63. The first-order chi connectivity index (χ1) is 10.4. The highest BCUT2D eigenvalue weighted by atomic mass is 35.5. The first kappa shape index (κ1) is 16.9. The highest BCUT2D eigenvalue weighted by molar-refractivity contribution is 7.97. The predicted molar refractivity (Wildman–Crippen MR) is 77.8 cm³/mol. The van der Waals surface area contributed by atoms with Gasteiger partial charge < -0.3 is 4.74 Å². The number of hydrogen-bond donors (Lipinski definition) is 1. The Morgan fingerprint density at radius 3 is 2.36 bits per heavy atom. The minimum atomic E-state index is -4.46. The quantitative estimate of drug-likeness (QED) is 0.825. The average molecular weight is 350 g/mol. The van der Waals surface area contributed by atoms with Crippen molar-refractivity contribution in [1.82, 2.24) is 14.7 Å². The highest BCUT2D eigenvalue weighted by Gasteiger charge is 2.40. The van der Waals surface area contributed by atoms with Crippen LogP contribution in [0.4, 0.5) is 13.2 Å². The van der Waals surface area contributed by atoms with Crippen LogP contribution in [0, 0.1) is 0 Å². The Morgan fingerprint density at radius 2 is 1.86 bits per heavy atom. The largest absolute Gasteiger partial charge is 0.480 e. The van der Waals surface area contributed by atoms with Gasteiger partial charge in [-0.25, -0.2) is 14.7 Å². The number of aromatic nitrogens is 2. The van der Waals surface area contributed by atoms with Gasteiger partial charge in [-0.15, -0.1) is 0 Å². The molecule has 0 amide bonds. The first-order valence-electron chi connectivity index (χ1n) is 6.00. The molecule has 9 heteroatoms. The molecule has 0 aliphatic heterocycles. The van der Waals surface area contributed by atoms with Crippen molar-refractivity contribution < 1.29 is 17.9 Å². The minimum absolute atomic E-state index is 0.0610. The third kappa shape index (κ3) is 4.49. The number of rotatable bonds is 5. The molecule has 2 aromatic rings. The summed E-state index contributed by atoms with van der Waals surface area (Å²) in [6.45, 7) is 0. The molecule has 0 unspecified atom stereocenters. The van der Waals surface area contributed by atoms with Crippen LogP contribution in [0.5, 0.6) is 5.88 Å². The smallest absolute Gasteiger partial charge is 0.408 e. The van der Waals surface area contributed by atoms with Gasteiger partial charge in [-0.2, -0.15) is 13.2 Å². The molecule has 1 aromatic heterocycles. The lowest BCUT2D eigenvalue weighted by molar-refractivity contribution is -0.152. The van der Waals surface area contributed by atoms with Crippen molar-refractivity contribution >= 4 is 23.5 Å². The molecule has 22 heavy (non-hydrogen) atoms. The van der Waals surface area contributed by atoms with E-state index in [-0.39, 0.29) is 11.4 Å². The third-order valence-electron chi connectivity index (χ3n) is 2.63. The molecule has 0 aliphatic rings. The molecule has 0 aliphatic carbocycles. The van der Waals surface area contributed by atoms with Crippen molar-refractivity contribution in [2.45, 2.75) is 17.2 Å². The van der Waals surface area contributed by atoms with E-state index in [2.05, 4.69) is 14.7 Å². The fourth-order valence-electron chi connectivity index (χ4n) is 1.56. The van der Waals surface area contributed by atoms with Crippen LogP contribution in [-0.2, 0) is 0 Å². The fraction of sp³-hybridized carbons (Fsp3) is 0.231. The van der Waals surface area contributed by atoms with Gasteiger partial charge in [-0.1, -0.05) is 23.7 Å². The lowest BCUT2D eigenvalue weighted by Crippen LogP contribution is -2.30. The summed E-state index contributed by atoms with van der Waals surface area (Å²) in [5.41, 5.74) is 0.0610. The molecule has 0 bridgehead atoms. The second-order valence-electron chi connectivity index (χ2n) is 4.14. The molecular formula is C13H11ClF3N3OS. The van der Waals surface area contributed by atoms with Crippen molar-refractivity contribution in [3.05, 3.63) is 47.2 Å². The van der Waals surface area contributed by atoms with Crippen LogP contribution in [0.1, 0.15) is 11.6 Å². The summed E-state index contributed by atoms with van der Waals surface area (Å²) in [6.07, 6.45) is -1.80. The Hall–Kier alpha value is -1.51. The number of nitrogens with zero attached hydrogens (tertiary/aromatic N) is 2. The van der Waals surface area contributed by atoms with Gasteiger partial charge in [0.05, 0.1) is 19.5 Å². The summed E-state index contributed by atoms with van der Waals surface area (Å²) in [5, 5.41) is 0.669. The van der Waals surface area contributed by atoms with Crippen LogP contribution in [0.25, 0.3) is 0 Å². The van der Waals surface area contributed by atoms with Crippen LogP contribution in [0.15, 0.2) is 41.7 Å². The Morgan fingerprint density at radius 1 is 1.18 bits per heavy atom. The zero-order chi connectivity index (χ0) is 16.2. The highest BCUT2D eigenvalue weighted by Crippen LogP contribution is 2.35. The van der Waals surface area contributed by atoms with Gasteiger partial charge in [0.1, 0.15) is 11.1 Å². The standard InChI is InChI=1S/C13H11ClF3N3OS/c1-21-10-6-19-11(7-18-10)22-20-12(13(15,16)17)8-2-4-9(14)5-3-8/h2-7,12,20H,1H3/t12-/m1/s1. The van der Waals surface area contributed by atoms with Gasteiger partial charge in [-0.05, 0) is 29.6 Å². The van der Waals surface area contributed by atoms with Crippen molar-refractivity contribution in [2.75, 3.05) is 7.11 Å². The Balaban J connectivity index is 2.11. The molecule has 2 rings (SSSR count). The molecular weight excluding hydrogens is 339 g/mol. The van der Waals surface area contributed by atoms with Crippen molar-refractivity contribution in [3.63, 3.8) is 0 Å². The fourth-order valence-corrected chi connectivity index (χ4v) is 2.41. The molecule has 0 saturated heterocycles. The Bertz CT molecular complexity index is 607. The van der Waals surface area contributed by atoms with Gasteiger partial charge in [0.25, 0.3) is 0 Å². The van der Waals surface area contributed by atoms with Crippen LogP contribution < -0.4 is 9.46 Å². The molecule has 1 heterocycles. The van der Waals surface area contributed by atoms with E-state index >= 15 is 0 Å². The summed E-state index contributed by atoms with van der Waals surface area (Å²) in [7, 11) is 1.43. The first-order valence-corrected chi connectivity index (χ1v) is 7.20. The van der Waals surface area contributed by atoms with E-state index in [0.29, 0.717) is 10.0 Å². The summed E-state index contributed by atoms with van der Waals surface area (Å²) >= 11 is 6.44. The maximum absolute atomic E-state index is 13.2. The molecule has 118 valence electrons. The second-order valence-corrected chi connectivity index (χ2v) is 5.44.